The first kappa shape index (κ1) is 22.3. The molecule has 1 atom stereocenters. The average Bonchev–Trinajstić information content (AvgIpc) is 3.27. The zero-order valence-corrected chi connectivity index (χ0v) is 18.6. The van der Waals surface area contributed by atoms with Crippen LogP contribution in [0, 0.1) is 0 Å². The molecule has 5 rings (SSSR count). The molecular formula is C22H25F2N7O3. The van der Waals surface area contributed by atoms with Gasteiger partial charge < -0.3 is 25.3 Å². The van der Waals surface area contributed by atoms with Crippen molar-refractivity contribution < 1.29 is 18.3 Å². The normalized spacial score (nSPS) is 20.0. The van der Waals surface area contributed by atoms with Crippen molar-refractivity contribution in [2.24, 2.45) is 0 Å². The van der Waals surface area contributed by atoms with E-state index in [1.54, 1.807) is 36.0 Å². The molecule has 1 amide bonds. The molecule has 3 N–H and O–H groups in total. The summed E-state index contributed by atoms with van der Waals surface area (Å²) >= 11 is 0. The van der Waals surface area contributed by atoms with Gasteiger partial charge in [0.1, 0.15) is 22.9 Å². The number of alkyl halides is 2. The molecule has 2 aliphatic rings. The maximum Gasteiger partial charge on any atom is 0.274 e. The van der Waals surface area contributed by atoms with Gasteiger partial charge in [-0.3, -0.25) is 9.59 Å². The zero-order valence-electron chi connectivity index (χ0n) is 18.6. The number of anilines is 3. The lowest BCUT2D eigenvalue weighted by Gasteiger charge is -2.36. The fourth-order valence-electron chi connectivity index (χ4n) is 4.28. The first-order valence-electron chi connectivity index (χ1n) is 11.2. The predicted octanol–water partition coefficient (Wildman–Crippen LogP) is 2.56. The summed E-state index contributed by atoms with van der Waals surface area (Å²) < 4.78 is 35.8. The van der Waals surface area contributed by atoms with Gasteiger partial charge in [-0.15, -0.1) is 0 Å². The van der Waals surface area contributed by atoms with Gasteiger partial charge in [0.15, 0.2) is 5.65 Å². The minimum atomic E-state index is -2.91. The van der Waals surface area contributed by atoms with Crippen LogP contribution in [0.25, 0.3) is 5.65 Å². The van der Waals surface area contributed by atoms with Gasteiger partial charge in [-0.05, 0) is 31.4 Å². The van der Waals surface area contributed by atoms with Crippen LogP contribution in [-0.2, 0) is 4.74 Å². The Balaban J connectivity index is 1.46. The van der Waals surface area contributed by atoms with Crippen molar-refractivity contribution in [3.8, 4) is 0 Å². The van der Waals surface area contributed by atoms with Crippen molar-refractivity contribution in [3.63, 3.8) is 0 Å². The van der Waals surface area contributed by atoms with Crippen molar-refractivity contribution >= 4 is 28.9 Å². The molecule has 1 aliphatic carbocycles. The average molecular weight is 473 g/mol. The maximum absolute atomic E-state index is 13.6. The highest BCUT2D eigenvalue weighted by Crippen LogP contribution is 2.37. The Hall–Kier alpha value is -3.54. The molecule has 4 heterocycles. The maximum atomic E-state index is 13.6. The van der Waals surface area contributed by atoms with Crippen molar-refractivity contribution in [2.75, 3.05) is 30.9 Å². The van der Waals surface area contributed by atoms with Gasteiger partial charge in [0.05, 0.1) is 12.2 Å². The van der Waals surface area contributed by atoms with E-state index >= 15 is 0 Å². The van der Waals surface area contributed by atoms with Crippen molar-refractivity contribution in [1.82, 2.24) is 24.5 Å². The molecule has 0 radical (unpaired) electrons. The molecule has 12 heteroatoms. The predicted molar refractivity (Wildman–Crippen MR) is 121 cm³/mol. The molecule has 0 unspecified atom stereocenters. The molecule has 0 spiro atoms. The topological polar surface area (TPSA) is 115 Å². The lowest BCUT2D eigenvalue weighted by atomic mass is 9.88. The Bertz CT molecular complexity index is 1280. The molecule has 34 heavy (non-hydrogen) atoms. The molecule has 10 nitrogen and oxygen atoms in total. The molecule has 1 saturated carbocycles. The van der Waals surface area contributed by atoms with Gasteiger partial charge in [-0.25, -0.2) is 13.8 Å². The van der Waals surface area contributed by atoms with Crippen molar-refractivity contribution in [2.45, 2.75) is 43.7 Å². The Kier molecular flexibility index (Phi) is 5.68. The van der Waals surface area contributed by atoms with Gasteiger partial charge >= 0.3 is 0 Å². The number of carbonyl (C=O) groups excluding carboxylic acids is 1. The number of rotatable bonds is 6. The summed E-state index contributed by atoms with van der Waals surface area (Å²) in [6.45, 7) is 1.22. The van der Waals surface area contributed by atoms with Crippen LogP contribution in [-0.4, -0.2) is 57.3 Å². The molecule has 3 aromatic heterocycles. The molecular weight excluding hydrogens is 448 g/mol. The summed E-state index contributed by atoms with van der Waals surface area (Å²) in [5.41, 5.74) is 0.374. The monoisotopic (exact) mass is 473 g/mol. The van der Waals surface area contributed by atoms with Crippen molar-refractivity contribution in [3.05, 3.63) is 46.5 Å². The van der Waals surface area contributed by atoms with E-state index in [1.165, 1.54) is 10.7 Å². The number of hydrogen-bond acceptors (Lipinski definition) is 7. The molecule has 1 aliphatic heterocycles. The number of fused-ring (bicyclic) bond motifs is 1. The molecule has 180 valence electrons. The summed E-state index contributed by atoms with van der Waals surface area (Å²) in [6.07, 6.45) is 4.53. The van der Waals surface area contributed by atoms with E-state index in [-0.39, 0.29) is 35.7 Å². The smallest absolute Gasteiger partial charge is 0.274 e. The van der Waals surface area contributed by atoms with E-state index < -0.39 is 17.9 Å². The van der Waals surface area contributed by atoms with Crippen LogP contribution >= 0.6 is 0 Å². The van der Waals surface area contributed by atoms with E-state index in [4.69, 9.17) is 4.74 Å². The van der Waals surface area contributed by atoms with Crippen LogP contribution in [0.4, 0.5) is 26.1 Å². The lowest BCUT2D eigenvalue weighted by molar-refractivity contribution is -0.102. The first-order chi connectivity index (χ1) is 16.4. The van der Waals surface area contributed by atoms with Gasteiger partial charge in [0, 0.05) is 45.0 Å². The minimum Gasteiger partial charge on any atom is -0.381 e. The highest BCUT2D eigenvalue weighted by Gasteiger charge is 2.49. The fourth-order valence-corrected chi connectivity index (χ4v) is 4.28. The van der Waals surface area contributed by atoms with Gasteiger partial charge in [0.25, 0.3) is 17.4 Å². The third-order valence-electron chi connectivity index (χ3n) is 6.38. The highest BCUT2D eigenvalue weighted by atomic mass is 19.3. The van der Waals surface area contributed by atoms with Crippen LogP contribution in [0.2, 0.25) is 0 Å². The standard InChI is InChI=1S/C22H25F2N7O3/c1-25-18-11-17(27-15-3-2-8-30(21(15)33)13-5-9-34-10-6-13)29-19-14(12-26-31(18)19)20(32)28-16-4-7-22(16,23)24/h2-3,8,11-13,16,25H,4-7,9-10H2,1H3,(H,27,29)(H,28,32)/t16-/m0/s1. The van der Waals surface area contributed by atoms with Gasteiger partial charge in [-0.2, -0.15) is 9.61 Å². The van der Waals surface area contributed by atoms with E-state index in [1.807, 2.05) is 0 Å². The number of pyridine rings is 1. The highest BCUT2D eigenvalue weighted by molar-refractivity contribution is 6.00. The van der Waals surface area contributed by atoms with Crippen LogP contribution in [0.1, 0.15) is 42.1 Å². The number of nitrogens with one attached hydrogen (secondary N) is 3. The number of amides is 1. The fraction of sp³-hybridized carbons (Fsp3) is 0.455. The van der Waals surface area contributed by atoms with E-state index in [0.29, 0.717) is 30.5 Å². The number of ether oxygens (including phenoxy) is 1. The second-order valence-corrected chi connectivity index (χ2v) is 8.50. The third kappa shape index (κ3) is 3.98. The summed E-state index contributed by atoms with van der Waals surface area (Å²) in [5.74, 6) is -2.77. The van der Waals surface area contributed by atoms with Crippen LogP contribution in [0.15, 0.2) is 35.4 Å². The quantitative estimate of drug-likeness (QED) is 0.504. The van der Waals surface area contributed by atoms with E-state index in [2.05, 4.69) is 26.0 Å². The Labute approximate surface area is 193 Å². The first-order valence-corrected chi connectivity index (χ1v) is 11.2. The third-order valence-corrected chi connectivity index (χ3v) is 6.38. The Morgan fingerprint density at radius 3 is 2.74 bits per heavy atom. The summed E-state index contributed by atoms with van der Waals surface area (Å²) in [5, 5.41) is 12.6. The Morgan fingerprint density at radius 1 is 1.26 bits per heavy atom. The second kappa shape index (κ2) is 8.67. The zero-order chi connectivity index (χ0) is 23.9. The van der Waals surface area contributed by atoms with Crippen LogP contribution < -0.4 is 21.5 Å². The number of aromatic nitrogens is 4. The van der Waals surface area contributed by atoms with E-state index in [0.717, 1.165) is 12.8 Å². The molecule has 2 fully saturated rings. The molecule has 0 bridgehead atoms. The van der Waals surface area contributed by atoms with Gasteiger partial charge in [0.2, 0.25) is 0 Å². The number of halogens is 2. The minimum absolute atomic E-state index is 0.0565. The molecule has 3 aromatic rings. The summed E-state index contributed by atoms with van der Waals surface area (Å²) in [7, 11) is 1.68. The number of nitrogens with zero attached hydrogens (tertiary/aromatic N) is 4. The molecule has 0 aromatic carbocycles. The van der Waals surface area contributed by atoms with Crippen molar-refractivity contribution in [1.29, 1.82) is 0 Å². The largest absolute Gasteiger partial charge is 0.381 e. The second-order valence-electron chi connectivity index (χ2n) is 8.50. The summed E-state index contributed by atoms with van der Waals surface area (Å²) in [4.78, 5) is 30.3. The van der Waals surface area contributed by atoms with Crippen LogP contribution in [0.5, 0.6) is 0 Å². The lowest BCUT2D eigenvalue weighted by Crippen LogP contribution is -2.55. The summed E-state index contributed by atoms with van der Waals surface area (Å²) in [6, 6.07) is 3.94. The number of hydrogen-bond donors (Lipinski definition) is 3. The van der Waals surface area contributed by atoms with E-state index in [9.17, 15) is 18.4 Å². The Morgan fingerprint density at radius 2 is 2.06 bits per heavy atom. The van der Waals surface area contributed by atoms with Crippen LogP contribution in [0.3, 0.4) is 0 Å². The van der Waals surface area contributed by atoms with Gasteiger partial charge in [-0.1, -0.05) is 0 Å². The molecule has 1 saturated heterocycles. The SMILES string of the molecule is CNc1cc(Nc2cccn(C3CCOCC3)c2=O)nc2c(C(=O)N[C@H]3CCC3(F)F)cnn12. The number of carbonyl (C=O) groups is 1.